The minimum Gasteiger partial charge on any atom is -0.333 e. The van der Waals surface area contributed by atoms with Crippen molar-refractivity contribution in [3.05, 3.63) is 23.9 Å². The average molecular weight is 249 g/mol. The number of amides is 2. The standard InChI is InChI=1S/C14H23N3O/c1-13(2,3)10-7-8-15-11(9-10)16-12(18)17-14(4,5)6/h7-9H,1-6H3,(H2,15,16,17,18). The number of anilines is 1. The molecular formula is C14H23N3O. The fourth-order valence-corrected chi connectivity index (χ4v) is 1.45. The van der Waals surface area contributed by atoms with E-state index >= 15 is 0 Å². The van der Waals surface area contributed by atoms with E-state index in [0.717, 1.165) is 5.56 Å². The van der Waals surface area contributed by atoms with Gasteiger partial charge in [-0.05, 0) is 43.9 Å². The highest BCUT2D eigenvalue weighted by Crippen LogP contribution is 2.23. The van der Waals surface area contributed by atoms with Crippen molar-refractivity contribution < 1.29 is 4.79 Å². The maximum absolute atomic E-state index is 11.7. The van der Waals surface area contributed by atoms with E-state index in [1.165, 1.54) is 0 Å². The van der Waals surface area contributed by atoms with E-state index in [9.17, 15) is 4.79 Å². The van der Waals surface area contributed by atoms with E-state index in [2.05, 4.69) is 36.4 Å². The molecule has 4 heteroatoms. The Balaban J connectivity index is 2.77. The van der Waals surface area contributed by atoms with E-state index in [1.807, 2.05) is 32.9 Å². The topological polar surface area (TPSA) is 54.0 Å². The van der Waals surface area contributed by atoms with Crippen molar-refractivity contribution in [2.45, 2.75) is 52.5 Å². The Morgan fingerprint density at radius 1 is 1.17 bits per heavy atom. The van der Waals surface area contributed by atoms with E-state index < -0.39 is 0 Å². The predicted octanol–water partition coefficient (Wildman–Crippen LogP) is 3.30. The first-order valence-electron chi connectivity index (χ1n) is 6.14. The number of pyridine rings is 1. The zero-order valence-corrected chi connectivity index (χ0v) is 12.1. The lowest BCUT2D eigenvalue weighted by molar-refractivity contribution is 0.243. The molecule has 0 spiro atoms. The molecule has 0 saturated heterocycles. The first-order valence-corrected chi connectivity index (χ1v) is 6.14. The number of urea groups is 1. The van der Waals surface area contributed by atoms with Gasteiger partial charge in [0.1, 0.15) is 5.82 Å². The van der Waals surface area contributed by atoms with Crippen LogP contribution in [0.1, 0.15) is 47.1 Å². The van der Waals surface area contributed by atoms with Gasteiger partial charge in [0.25, 0.3) is 0 Å². The highest BCUT2D eigenvalue weighted by atomic mass is 16.2. The van der Waals surface area contributed by atoms with E-state index in [4.69, 9.17) is 0 Å². The average Bonchev–Trinajstić information content (AvgIpc) is 2.13. The molecule has 1 aromatic rings. The summed E-state index contributed by atoms with van der Waals surface area (Å²) in [5, 5.41) is 5.59. The molecule has 0 aromatic carbocycles. The molecule has 0 saturated carbocycles. The number of carbonyl (C=O) groups excluding carboxylic acids is 1. The van der Waals surface area contributed by atoms with Crippen LogP contribution in [0.4, 0.5) is 10.6 Å². The molecule has 0 aliphatic carbocycles. The molecule has 0 aliphatic rings. The Kier molecular flexibility index (Phi) is 3.99. The maximum Gasteiger partial charge on any atom is 0.320 e. The van der Waals surface area contributed by atoms with Gasteiger partial charge in [-0.15, -0.1) is 0 Å². The van der Waals surface area contributed by atoms with Crippen molar-refractivity contribution in [1.29, 1.82) is 0 Å². The van der Waals surface area contributed by atoms with E-state index in [-0.39, 0.29) is 17.0 Å². The smallest absolute Gasteiger partial charge is 0.320 e. The molecule has 0 radical (unpaired) electrons. The van der Waals surface area contributed by atoms with Crippen LogP contribution in [-0.4, -0.2) is 16.6 Å². The van der Waals surface area contributed by atoms with Crippen LogP contribution >= 0.6 is 0 Å². The molecular weight excluding hydrogens is 226 g/mol. The summed E-state index contributed by atoms with van der Waals surface area (Å²) in [7, 11) is 0. The van der Waals surface area contributed by atoms with Crippen LogP contribution in [0.2, 0.25) is 0 Å². The fourth-order valence-electron chi connectivity index (χ4n) is 1.45. The quantitative estimate of drug-likeness (QED) is 0.802. The minimum atomic E-state index is -0.258. The molecule has 1 aromatic heterocycles. The van der Waals surface area contributed by atoms with Gasteiger partial charge in [-0.3, -0.25) is 5.32 Å². The number of nitrogens with zero attached hydrogens (tertiary/aromatic N) is 1. The first kappa shape index (κ1) is 14.5. The number of hydrogen-bond acceptors (Lipinski definition) is 2. The van der Waals surface area contributed by atoms with Gasteiger partial charge in [0.05, 0.1) is 0 Å². The summed E-state index contributed by atoms with van der Waals surface area (Å²) >= 11 is 0. The number of carbonyl (C=O) groups is 1. The van der Waals surface area contributed by atoms with Gasteiger partial charge in [0.15, 0.2) is 0 Å². The van der Waals surface area contributed by atoms with Crippen LogP contribution in [-0.2, 0) is 5.41 Å². The second kappa shape index (κ2) is 4.96. The third-order valence-electron chi connectivity index (χ3n) is 2.36. The monoisotopic (exact) mass is 249 g/mol. The van der Waals surface area contributed by atoms with Crippen molar-refractivity contribution in [3.63, 3.8) is 0 Å². The summed E-state index contributed by atoms with van der Waals surface area (Å²) < 4.78 is 0. The minimum absolute atomic E-state index is 0.0415. The Hall–Kier alpha value is -1.58. The van der Waals surface area contributed by atoms with Crippen molar-refractivity contribution in [3.8, 4) is 0 Å². The molecule has 2 N–H and O–H groups in total. The SMILES string of the molecule is CC(C)(C)NC(=O)Nc1cc(C(C)(C)C)ccn1. The molecule has 18 heavy (non-hydrogen) atoms. The molecule has 0 aliphatic heterocycles. The van der Waals surface area contributed by atoms with Crippen molar-refractivity contribution >= 4 is 11.8 Å². The molecule has 0 atom stereocenters. The lowest BCUT2D eigenvalue weighted by atomic mass is 9.88. The third-order valence-corrected chi connectivity index (χ3v) is 2.36. The van der Waals surface area contributed by atoms with Gasteiger partial charge in [-0.1, -0.05) is 20.8 Å². The van der Waals surface area contributed by atoms with Crippen LogP contribution in [0.3, 0.4) is 0 Å². The zero-order valence-electron chi connectivity index (χ0n) is 12.1. The van der Waals surface area contributed by atoms with Gasteiger partial charge in [0.2, 0.25) is 0 Å². The van der Waals surface area contributed by atoms with Crippen LogP contribution in [0.15, 0.2) is 18.3 Å². The first-order chi connectivity index (χ1) is 8.08. The molecule has 100 valence electrons. The molecule has 4 nitrogen and oxygen atoms in total. The summed E-state index contributed by atoms with van der Waals surface area (Å²) in [6, 6.07) is 3.63. The third kappa shape index (κ3) is 4.73. The Morgan fingerprint density at radius 3 is 2.28 bits per heavy atom. The van der Waals surface area contributed by atoms with Crippen molar-refractivity contribution in [1.82, 2.24) is 10.3 Å². The predicted molar refractivity (Wildman–Crippen MR) is 74.8 cm³/mol. The van der Waals surface area contributed by atoms with Gasteiger partial charge in [-0.2, -0.15) is 0 Å². The van der Waals surface area contributed by atoms with Crippen molar-refractivity contribution in [2.24, 2.45) is 0 Å². The molecule has 0 unspecified atom stereocenters. The second-order valence-corrected chi connectivity index (χ2v) is 6.51. The molecule has 0 fully saturated rings. The summed E-state index contributed by atoms with van der Waals surface area (Å²) in [5.41, 5.74) is 0.926. The number of nitrogens with one attached hydrogen (secondary N) is 2. The van der Waals surface area contributed by atoms with Crippen LogP contribution < -0.4 is 10.6 Å². The molecule has 0 bridgehead atoms. The highest BCUT2D eigenvalue weighted by Gasteiger charge is 2.16. The summed E-state index contributed by atoms with van der Waals surface area (Å²) in [4.78, 5) is 15.9. The van der Waals surface area contributed by atoms with Gasteiger partial charge in [0, 0.05) is 11.7 Å². The van der Waals surface area contributed by atoms with Gasteiger partial charge >= 0.3 is 6.03 Å². The van der Waals surface area contributed by atoms with Gasteiger partial charge in [-0.25, -0.2) is 9.78 Å². The van der Waals surface area contributed by atoms with Crippen molar-refractivity contribution in [2.75, 3.05) is 5.32 Å². The Labute approximate surface area is 109 Å². The molecule has 2 amide bonds. The second-order valence-electron chi connectivity index (χ2n) is 6.51. The summed E-state index contributed by atoms with van der Waals surface area (Å²) in [5.74, 6) is 0.573. The highest BCUT2D eigenvalue weighted by molar-refractivity contribution is 5.88. The van der Waals surface area contributed by atoms with E-state index in [1.54, 1.807) is 6.20 Å². The lowest BCUT2D eigenvalue weighted by Crippen LogP contribution is -2.43. The summed E-state index contributed by atoms with van der Waals surface area (Å²) in [6.45, 7) is 12.2. The Bertz CT molecular complexity index is 427. The Morgan fingerprint density at radius 2 is 1.78 bits per heavy atom. The van der Waals surface area contributed by atoms with Gasteiger partial charge < -0.3 is 5.32 Å². The molecule has 1 heterocycles. The summed E-state index contributed by atoms with van der Waals surface area (Å²) in [6.07, 6.45) is 1.72. The van der Waals surface area contributed by atoms with E-state index in [0.29, 0.717) is 5.82 Å². The largest absolute Gasteiger partial charge is 0.333 e. The van der Waals surface area contributed by atoms with Crippen LogP contribution in [0.5, 0.6) is 0 Å². The number of aromatic nitrogens is 1. The van der Waals surface area contributed by atoms with Crippen LogP contribution in [0.25, 0.3) is 0 Å². The molecule has 1 rings (SSSR count). The fraction of sp³-hybridized carbons (Fsp3) is 0.571. The zero-order chi connectivity index (χ0) is 14.0. The van der Waals surface area contributed by atoms with Crippen LogP contribution in [0, 0.1) is 0 Å². The number of rotatable bonds is 1. The normalized spacial score (nSPS) is 12.1. The lowest BCUT2D eigenvalue weighted by Gasteiger charge is -2.22. The number of hydrogen-bond donors (Lipinski definition) is 2. The maximum atomic E-state index is 11.7.